The normalized spacial score (nSPS) is 10.3. The van der Waals surface area contributed by atoms with Crippen molar-refractivity contribution < 1.29 is 8.78 Å². The fourth-order valence-corrected chi connectivity index (χ4v) is 0.985. The molecule has 0 aliphatic carbocycles. The van der Waals surface area contributed by atoms with Crippen molar-refractivity contribution in [3.05, 3.63) is 45.8 Å². The number of hydrogen-bond donors (Lipinski definition) is 1. The van der Waals surface area contributed by atoms with Crippen molar-refractivity contribution in [3.8, 4) is 0 Å². The second-order valence-corrected chi connectivity index (χ2v) is 2.71. The van der Waals surface area contributed by atoms with Crippen molar-refractivity contribution in [1.29, 1.82) is 0 Å². The van der Waals surface area contributed by atoms with Gasteiger partial charge in [0.05, 0.1) is 0 Å². The van der Waals surface area contributed by atoms with Crippen molar-refractivity contribution in [2.24, 2.45) is 5.11 Å². The van der Waals surface area contributed by atoms with Crippen LogP contribution in [0.5, 0.6) is 0 Å². The number of benzene rings is 1. The Morgan fingerprint density at radius 1 is 1.40 bits per heavy atom. The van der Waals surface area contributed by atoms with Crippen molar-refractivity contribution in [1.82, 2.24) is 0 Å². The first-order valence-electron chi connectivity index (χ1n) is 4.07. The van der Waals surface area contributed by atoms with E-state index in [-0.39, 0.29) is 12.2 Å². The molecule has 0 saturated carbocycles. The molecule has 1 aromatic rings. The molecule has 2 N–H and O–H groups in total. The van der Waals surface area contributed by atoms with Crippen LogP contribution in [0.15, 0.2) is 23.3 Å². The zero-order valence-electron chi connectivity index (χ0n) is 7.69. The molecule has 0 spiro atoms. The van der Waals surface area contributed by atoms with Crippen LogP contribution < -0.4 is 5.73 Å². The zero-order valence-corrected chi connectivity index (χ0v) is 7.69. The third kappa shape index (κ3) is 2.96. The van der Waals surface area contributed by atoms with E-state index in [0.717, 1.165) is 12.1 Å². The minimum Gasteiger partial charge on any atom is -0.398 e. The second-order valence-electron chi connectivity index (χ2n) is 2.71. The lowest BCUT2D eigenvalue weighted by Crippen LogP contribution is -1.94. The SMILES string of the molecule is [N-]=[N+]=NCC=Cc1cc(F)c(F)cc1N. The largest absolute Gasteiger partial charge is 0.398 e. The van der Waals surface area contributed by atoms with Crippen LogP contribution >= 0.6 is 0 Å². The Balaban J connectivity index is 2.90. The molecule has 1 aromatic carbocycles. The highest BCUT2D eigenvalue weighted by molar-refractivity contribution is 5.64. The van der Waals surface area contributed by atoms with Crippen LogP contribution in [0.4, 0.5) is 14.5 Å². The third-order valence-corrected chi connectivity index (χ3v) is 1.67. The summed E-state index contributed by atoms with van der Waals surface area (Å²) in [6, 6.07) is 1.89. The first-order valence-corrected chi connectivity index (χ1v) is 4.07. The molecule has 0 unspecified atom stereocenters. The molecule has 0 aliphatic heterocycles. The number of azide groups is 1. The van der Waals surface area contributed by atoms with Crippen molar-refractivity contribution in [2.75, 3.05) is 12.3 Å². The number of rotatable bonds is 3. The van der Waals surface area contributed by atoms with E-state index in [0.29, 0.717) is 5.56 Å². The summed E-state index contributed by atoms with van der Waals surface area (Å²) in [7, 11) is 0. The van der Waals surface area contributed by atoms with Crippen molar-refractivity contribution >= 4 is 11.8 Å². The molecular weight excluding hydrogens is 202 g/mol. The lowest BCUT2D eigenvalue weighted by atomic mass is 10.1. The maximum atomic E-state index is 12.8. The Morgan fingerprint density at radius 3 is 2.73 bits per heavy atom. The van der Waals surface area contributed by atoms with Gasteiger partial charge in [-0.3, -0.25) is 0 Å². The number of nitrogen functional groups attached to an aromatic ring is 1. The smallest absolute Gasteiger partial charge is 0.160 e. The zero-order chi connectivity index (χ0) is 11.3. The number of nitrogens with two attached hydrogens (primary N) is 1. The topological polar surface area (TPSA) is 74.8 Å². The molecule has 0 fully saturated rings. The average molecular weight is 210 g/mol. The first-order chi connectivity index (χ1) is 7.15. The van der Waals surface area contributed by atoms with Crippen LogP contribution in [0.1, 0.15) is 5.56 Å². The molecular formula is C9H8F2N4. The van der Waals surface area contributed by atoms with Crippen LogP contribution in [-0.2, 0) is 0 Å². The van der Waals surface area contributed by atoms with Gasteiger partial charge in [0.15, 0.2) is 11.6 Å². The highest BCUT2D eigenvalue weighted by Crippen LogP contribution is 2.18. The standard InChI is InChI=1S/C9H8F2N4/c10-7-4-6(2-1-3-14-15-13)9(12)5-8(7)11/h1-2,4-5H,3,12H2. The molecule has 0 heterocycles. The van der Waals surface area contributed by atoms with E-state index >= 15 is 0 Å². The number of hydrogen-bond acceptors (Lipinski definition) is 2. The Morgan fingerprint density at radius 2 is 2.07 bits per heavy atom. The lowest BCUT2D eigenvalue weighted by Gasteiger charge is -2.00. The maximum Gasteiger partial charge on any atom is 0.160 e. The van der Waals surface area contributed by atoms with Crippen LogP contribution in [0, 0.1) is 11.6 Å². The monoisotopic (exact) mass is 210 g/mol. The predicted molar refractivity (Wildman–Crippen MR) is 53.8 cm³/mol. The summed E-state index contributed by atoms with van der Waals surface area (Å²) >= 11 is 0. The summed E-state index contributed by atoms with van der Waals surface area (Å²) in [6.45, 7) is 0.134. The van der Waals surface area contributed by atoms with Gasteiger partial charge in [0.1, 0.15) is 0 Å². The highest BCUT2D eigenvalue weighted by Gasteiger charge is 2.04. The Hall–Kier alpha value is -2.07. The molecule has 0 amide bonds. The van der Waals surface area contributed by atoms with Crippen molar-refractivity contribution in [3.63, 3.8) is 0 Å². The van der Waals surface area contributed by atoms with Gasteiger partial charge in [-0.1, -0.05) is 17.3 Å². The number of anilines is 1. The summed E-state index contributed by atoms with van der Waals surface area (Å²) in [5, 5.41) is 3.24. The summed E-state index contributed by atoms with van der Waals surface area (Å²) in [5.41, 5.74) is 13.9. The molecule has 0 aromatic heterocycles. The summed E-state index contributed by atoms with van der Waals surface area (Å²) in [5.74, 6) is -1.95. The molecule has 0 saturated heterocycles. The molecule has 0 bridgehead atoms. The number of nitrogens with zero attached hydrogens (tertiary/aromatic N) is 3. The Kier molecular flexibility index (Phi) is 3.65. The fourth-order valence-electron chi connectivity index (χ4n) is 0.985. The van der Waals surface area contributed by atoms with E-state index < -0.39 is 11.6 Å². The molecule has 0 radical (unpaired) electrons. The van der Waals surface area contributed by atoms with E-state index in [4.69, 9.17) is 11.3 Å². The number of halogens is 2. The molecule has 6 heteroatoms. The van der Waals surface area contributed by atoms with Gasteiger partial charge in [0.25, 0.3) is 0 Å². The Bertz CT molecular complexity index is 436. The van der Waals surface area contributed by atoms with E-state index in [1.165, 1.54) is 12.2 Å². The summed E-state index contributed by atoms with van der Waals surface area (Å²) < 4.78 is 25.4. The summed E-state index contributed by atoms with van der Waals surface area (Å²) in [4.78, 5) is 2.53. The maximum absolute atomic E-state index is 12.8. The van der Waals surface area contributed by atoms with Gasteiger partial charge in [-0.2, -0.15) is 0 Å². The van der Waals surface area contributed by atoms with Gasteiger partial charge >= 0.3 is 0 Å². The molecule has 4 nitrogen and oxygen atoms in total. The predicted octanol–water partition coefficient (Wildman–Crippen LogP) is 2.87. The van der Waals surface area contributed by atoms with Crippen LogP contribution in [0.3, 0.4) is 0 Å². The van der Waals surface area contributed by atoms with Gasteiger partial charge < -0.3 is 5.73 Å². The van der Waals surface area contributed by atoms with Crippen LogP contribution in [0.25, 0.3) is 16.5 Å². The van der Waals surface area contributed by atoms with Gasteiger partial charge in [-0.05, 0) is 11.6 Å². The first kappa shape index (κ1) is 11.0. The van der Waals surface area contributed by atoms with Crippen LogP contribution in [-0.4, -0.2) is 6.54 Å². The molecule has 0 atom stereocenters. The molecule has 1 rings (SSSR count). The van der Waals surface area contributed by atoms with E-state index in [2.05, 4.69) is 10.0 Å². The van der Waals surface area contributed by atoms with Gasteiger partial charge in [-0.25, -0.2) is 8.78 Å². The molecule has 78 valence electrons. The molecule has 15 heavy (non-hydrogen) atoms. The van der Waals surface area contributed by atoms with E-state index in [9.17, 15) is 8.78 Å². The van der Waals surface area contributed by atoms with E-state index in [1.807, 2.05) is 0 Å². The minimum absolute atomic E-state index is 0.131. The summed E-state index contributed by atoms with van der Waals surface area (Å²) in [6.07, 6.45) is 2.97. The van der Waals surface area contributed by atoms with Gasteiger partial charge in [0.2, 0.25) is 0 Å². The lowest BCUT2D eigenvalue weighted by molar-refractivity contribution is 0.509. The van der Waals surface area contributed by atoms with Gasteiger partial charge in [-0.15, -0.1) is 0 Å². The van der Waals surface area contributed by atoms with Crippen molar-refractivity contribution in [2.45, 2.75) is 0 Å². The second kappa shape index (κ2) is 4.97. The average Bonchev–Trinajstić information content (AvgIpc) is 2.20. The van der Waals surface area contributed by atoms with E-state index in [1.54, 1.807) is 0 Å². The highest BCUT2D eigenvalue weighted by atomic mass is 19.2. The Labute approximate surface area is 84.6 Å². The van der Waals surface area contributed by atoms with Gasteiger partial charge in [0, 0.05) is 28.8 Å². The minimum atomic E-state index is -0.986. The molecule has 0 aliphatic rings. The third-order valence-electron chi connectivity index (χ3n) is 1.67. The quantitative estimate of drug-likeness (QED) is 0.354. The van der Waals surface area contributed by atoms with Crippen LogP contribution in [0.2, 0.25) is 0 Å². The fraction of sp³-hybridized carbons (Fsp3) is 0.111.